The zero-order valence-corrected chi connectivity index (χ0v) is 10.00. The van der Waals surface area contributed by atoms with Crippen LogP contribution in [0.4, 0.5) is 35.1 Å². The number of rotatable bonds is 2. The second-order valence-corrected chi connectivity index (χ2v) is 3.91. The predicted octanol–water partition coefficient (Wildman–Crippen LogP) is 4.70. The van der Waals surface area contributed by atoms with Gasteiger partial charge in [-0.05, 0) is 6.07 Å². The summed E-state index contributed by atoms with van der Waals surface area (Å²) in [6, 6.07) is 0.144. The van der Waals surface area contributed by atoms with Crippen LogP contribution in [0.1, 0.15) is 17.7 Å². The molecule has 0 fully saturated rings. The summed E-state index contributed by atoms with van der Waals surface area (Å²) in [5, 5.41) is 0. The molecule has 0 saturated heterocycles. The fraction of sp³-hybridized carbons (Fsp3) is 0.375. The Balaban J connectivity index is 3.42. The van der Waals surface area contributed by atoms with Gasteiger partial charge in [0.2, 0.25) is 5.88 Å². The van der Waals surface area contributed by atoms with Crippen LogP contribution in [0, 0.1) is 0 Å². The molecule has 0 aliphatic rings. The molecule has 0 aromatic carbocycles. The Morgan fingerprint density at radius 2 is 1.63 bits per heavy atom. The number of nitrogens with zero attached hydrogens (tertiary/aromatic N) is 1. The van der Waals surface area contributed by atoms with Crippen LogP contribution in [0.2, 0.25) is 0 Å². The SMILES string of the molecule is FC(F)c1c(Br)cc(C(F)(F)F)nc1OC(F)(F)F. The molecule has 11 heteroatoms. The molecule has 1 rings (SSSR count). The molecule has 0 radical (unpaired) electrons. The number of pyridine rings is 1. The molecule has 0 spiro atoms. The molecular weight excluding hydrogens is 358 g/mol. The van der Waals surface area contributed by atoms with Crippen LogP contribution in [0.15, 0.2) is 10.5 Å². The lowest BCUT2D eigenvalue weighted by Gasteiger charge is -2.15. The van der Waals surface area contributed by atoms with Crippen molar-refractivity contribution in [3.05, 3.63) is 21.8 Å². The summed E-state index contributed by atoms with van der Waals surface area (Å²) in [5.74, 6) is -1.84. The second-order valence-electron chi connectivity index (χ2n) is 3.05. The molecule has 19 heavy (non-hydrogen) atoms. The van der Waals surface area contributed by atoms with Gasteiger partial charge in [-0.25, -0.2) is 13.8 Å². The maximum absolute atomic E-state index is 12.5. The molecule has 1 heterocycles. The van der Waals surface area contributed by atoms with Crippen LogP contribution in [-0.4, -0.2) is 11.3 Å². The second kappa shape index (κ2) is 5.10. The first kappa shape index (κ1) is 15.9. The number of ether oxygens (including phenoxy) is 1. The van der Waals surface area contributed by atoms with E-state index in [1.54, 1.807) is 0 Å². The van der Waals surface area contributed by atoms with Gasteiger partial charge in [-0.2, -0.15) is 13.2 Å². The zero-order chi connectivity index (χ0) is 15.0. The van der Waals surface area contributed by atoms with Crippen molar-refractivity contribution in [2.24, 2.45) is 0 Å². The molecule has 108 valence electrons. The Labute approximate surface area is 108 Å². The molecule has 0 aliphatic carbocycles. The molecule has 0 unspecified atom stereocenters. The molecule has 0 atom stereocenters. The van der Waals surface area contributed by atoms with E-state index in [4.69, 9.17) is 0 Å². The van der Waals surface area contributed by atoms with E-state index in [2.05, 4.69) is 25.7 Å². The average Bonchev–Trinajstić information content (AvgIpc) is 2.11. The van der Waals surface area contributed by atoms with Crippen LogP contribution >= 0.6 is 15.9 Å². The Hall–Kier alpha value is -1.13. The fourth-order valence-corrected chi connectivity index (χ4v) is 1.59. The lowest BCUT2D eigenvalue weighted by atomic mass is 10.2. The highest BCUT2D eigenvalue weighted by Crippen LogP contribution is 2.40. The first-order chi connectivity index (χ1) is 8.42. The maximum atomic E-state index is 12.5. The van der Waals surface area contributed by atoms with Crippen LogP contribution in [0.5, 0.6) is 5.88 Å². The van der Waals surface area contributed by atoms with E-state index < -0.39 is 40.6 Å². The van der Waals surface area contributed by atoms with E-state index in [1.807, 2.05) is 0 Å². The first-order valence-electron chi connectivity index (χ1n) is 4.23. The maximum Gasteiger partial charge on any atom is 0.574 e. The molecule has 2 nitrogen and oxygen atoms in total. The van der Waals surface area contributed by atoms with E-state index in [9.17, 15) is 35.1 Å². The lowest BCUT2D eigenvalue weighted by Crippen LogP contribution is -2.21. The summed E-state index contributed by atoms with van der Waals surface area (Å²) in [7, 11) is 0. The Kier molecular flexibility index (Phi) is 4.27. The van der Waals surface area contributed by atoms with Crippen molar-refractivity contribution in [2.45, 2.75) is 19.0 Å². The molecule has 0 amide bonds. The number of hydrogen-bond donors (Lipinski definition) is 0. The van der Waals surface area contributed by atoms with Crippen molar-refractivity contribution >= 4 is 15.9 Å². The largest absolute Gasteiger partial charge is 0.574 e. The van der Waals surface area contributed by atoms with Crippen molar-refractivity contribution in [1.29, 1.82) is 0 Å². The molecule has 0 aliphatic heterocycles. The summed E-state index contributed by atoms with van der Waals surface area (Å²) in [4.78, 5) is 2.43. The first-order valence-corrected chi connectivity index (χ1v) is 5.02. The van der Waals surface area contributed by atoms with Crippen LogP contribution < -0.4 is 4.74 Å². The molecular formula is C8H2BrF8NO. The van der Waals surface area contributed by atoms with E-state index >= 15 is 0 Å². The van der Waals surface area contributed by atoms with Gasteiger partial charge in [-0.3, -0.25) is 0 Å². The van der Waals surface area contributed by atoms with Crippen LogP contribution in [0.25, 0.3) is 0 Å². The quantitative estimate of drug-likeness (QED) is 0.714. The van der Waals surface area contributed by atoms with E-state index in [0.717, 1.165) is 0 Å². The molecule has 0 N–H and O–H groups in total. The lowest BCUT2D eigenvalue weighted by molar-refractivity contribution is -0.277. The zero-order valence-electron chi connectivity index (χ0n) is 8.41. The van der Waals surface area contributed by atoms with Crippen molar-refractivity contribution < 1.29 is 39.9 Å². The number of hydrogen-bond acceptors (Lipinski definition) is 2. The Morgan fingerprint density at radius 1 is 1.11 bits per heavy atom. The van der Waals surface area contributed by atoms with Gasteiger partial charge in [0.15, 0.2) is 0 Å². The fourth-order valence-electron chi connectivity index (χ4n) is 1.03. The number of alkyl halides is 8. The predicted molar refractivity (Wildman–Crippen MR) is 48.6 cm³/mol. The molecule has 1 aromatic heterocycles. The van der Waals surface area contributed by atoms with E-state index in [-0.39, 0.29) is 6.07 Å². The standard InChI is InChI=1S/C8H2BrF8NO/c9-2-1-3(7(12,13)14)18-6(4(2)5(10)11)19-8(15,16)17/h1,5H. The third-order valence-electron chi connectivity index (χ3n) is 1.69. The highest BCUT2D eigenvalue weighted by atomic mass is 79.9. The van der Waals surface area contributed by atoms with Crippen molar-refractivity contribution in [3.63, 3.8) is 0 Å². The molecule has 0 saturated carbocycles. The van der Waals surface area contributed by atoms with Crippen LogP contribution in [-0.2, 0) is 6.18 Å². The van der Waals surface area contributed by atoms with Gasteiger partial charge in [-0.15, -0.1) is 13.2 Å². The van der Waals surface area contributed by atoms with Gasteiger partial charge in [0.05, 0.1) is 5.56 Å². The topological polar surface area (TPSA) is 22.1 Å². The minimum Gasteiger partial charge on any atom is -0.387 e. The van der Waals surface area contributed by atoms with Crippen molar-refractivity contribution in [3.8, 4) is 5.88 Å². The number of aromatic nitrogens is 1. The van der Waals surface area contributed by atoms with Gasteiger partial charge in [-0.1, -0.05) is 15.9 Å². The van der Waals surface area contributed by atoms with Crippen molar-refractivity contribution in [1.82, 2.24) is 4.98 Å². The van der Waals surface area contributed by atoms with Gasteiger partial charge in [0.25, 0.3) is 6.43 Å². The summed E-state index contributed by atoms with van der Waals surface area (Å²) >= 11 is 2.33. The van der Waals surface area contributed by atoms with Gasteiger partial charge in [0.1, 0.15) is 5.69 Å². The highest BCUT2D eigenvalue weighted by Gasteiger charge is 2.39. The smallest absolute Gasteiger partial charge is 0.387 e. The molecule has 0 bridgehead atoms. The number of halogens is 9. The average molecular weight is 360 g/mol. The van der Waals surface area contributed by atoms with E-state index in [1.165, 1.54) is 0 Å². The monoisotopic (exact) mass is 359 g/mol. The summed E-state index contributed by atoms with van der Waals surface area (Å²) < 4.78 is 99.9. The Bertz CT molecular complexity index is 469. The van der Waals surface area contributed by atoms with E-state index in [0.29, 0.717) is 0 Å². The summed E-state index contributed by atoms with van der Waals surface area (Å²) in [6.45, 7) is 0. The highest BCUT2D eigenvalue weighted by molar-refractivity contribution is 9.10. The Morgan fingerprint density at radius 3 is 2.00 bits per heavy atom. The van der Waals surface area contributed by atoms with Crippen LogP contribution in [0.3, 0.4) is 0 Å². The minimum atomic E-state index is -5.44. The minimum absolute atomic E-state index is 0.144. The third-order valence-corrected chi connectivity index (χ3v) is 2.35. The van der Waals surface area contributed by atoms with Crippen molar-refractivity contribution in [2.75, 3.05) is 0 Å². The molecule has 1 aromatic rings. The third kappa shape index (κ3) is 4.18. The normalized spacial score (nSPS) is 12.9. The van der Waals surface area contributed by atoms with Gasteiger partial charge in [0, 0.05) is 4.47 Å². The van der Waals surface area contributed by atoms with Gasteiger partial charge < -0.3 is 4.74 Å². The van der Waals surface area contributed by atoms with Gasteiger partial charge >= 0.3 is 12.5 Å². The summed E-state index contributed by atoms with van der Waals surface area (Å²) in [6.07, 6.45) is -14.0. The summed E-state index contributed by atoms with van der Waals surface area (Å²) in [5.41, 5.74) is -3.20.